The van der Waals surface area contributed by atoms with E-state index in [1.165, 1.54) is 0 Å². The van der Waals surface area contributed by atoms with E-state index in [4.69, 9.17) is 37.9 Å². The lowest BCUT2D eigenvalue weighted by Crippen LogP contribution is -2.20. The predicted octanol–water partition coefficient (Wildman–Crippen LogP) is 7.92. The number of ether oxygens (including phenoxy) is 8. The van der Waals surface area contributed by atoms with E-state index in [9.17, 15) is 19.2 Å². The summed E-state index contributed by atoms with van der Waals surface area (Å²) in [6, 6.07) is 30.4. The van der Waals surface area contributed by atoms with E-state index in [1.54, 1.807) is 13.8 Å². The van der Waals surface area contributed by atoms with Crippen LogP contribution >= 0.6 is 0 Å². The van der Waals surface area contributed by atoms with Crippen molar-refractivity contribution in [2.24, 2.45) is 0 Å². The smallest absolute Gasteiger partial charge is 0.330 e. The van der Waals surface area contributed by atoms with Gasteiger partial charge in [0.2, 0.25) is 0 Å². The molecule has 12 heteroatoms. The van der Waals surface area contributed by atoms with Crippen LogP contribution in [-0.4, -0.2) is 75.7 Å². The molecule has 58 heavy (non-hydrogen) atoms. The average molecular weight is 793 g/mol. The Morgan fingerprint density at radius 1 is 0.414 bits per heavy atom. The van der Waals surface area contributed by atoms with Crippen LogP contribution in [0.3, 0.4) is 0 Å². The molecule has 0 amide bonds. The SMILES string of the molecule is C=CC(=O)OC(C)COc1ccc(-c2ccc(OCC(C)OC(=O)C=C)cc2)cc1.C=CC(=O)OCCOc1ccc(-c2ccc(OCCOC(=O)C=C)cc2)cc1. The molecule has 2 unspecified atom stereocenters. The molecule has 4 aromatic carbocycles. The average Bonchev–Trinajstić information content (AvgIpc) is 3.25. The van der Waals surface area contributed by atoms with Gasteiger partial charge in [-0.15, -0.1) is 0 Å². The minimum absolute atomic E-state index is 0.168. The van der Waals surface area contributed by atoms with Crippen LogP contribution in [0, 0.1) is 0 Å². The topological polar surface area (TPSA) is 142 Å². The lowest BCUT2D eigenvalue weighted by Gasteiger charge is -2.14. The van der Waals surface area contributed by atoms with Gasteiger partial charge in [-0.25, -0.2) is 19.2 Å². The summed E-state index contributed by atoms with van der Waals surface area (Å²) in [5.41, 5.74) is 4.09. The number of rotatable bonds is 22. The molecule has 0 spiro atoms. The summed E-state index contributed by atoms with van der Waals surface area (Å²) in [6.07, 6.45) is 3.74. The molecule has 0 saturated carbocycles. The second-order valence-electron chi connectivity index (χ2n) is 12.1. The monoisotopic (exact) mass is 792 g/mol. The highest BCUT2D eigenvalue weighted by Gasteiger charge is 2.10. The van der Waals surface area contributed by atoms with Crippen molar-refractivity contribution in [1.29, 1.82) is 0 Å². The third kappa shape index (κ3) is 17.2. The zero-order chi connectivity index (χ0) is 42.1. The van der Waals surface area contributed by atoms with E-state index < -0.39 is 23.9 Å². The molecule has 12 nitrogen and oxygen atoms in total. The second-order valence-corrected chi connectivity index (χ2v) is 12.1. The Kier molecular flexibility index (Phi) is 19.6. The Labute approximate surface area is 338 Å². The van der Waals surface area contributed by atoms with E-state index in [1.807, 2.05) is 97.1 Å². The standard InChI is InChI=1S/C24H26O6.C22H22O6/c1-5-23(25)29-17(3)15-27-21-11-7-19(8-12-21)20-9-13-22(14-10-20)28-16-18(4)30-24(26)6-2;1-3-21(23)27-15-13-25-19-9-5-17(6-10-19)18-7-11-20(12-8-18)26-14-16-28-22(24)4-2/h5-14,17-18H,1-2,15-16H2,3-4H3;3-12H,1-2,13-16H2. The Hall–Kier alpha value is -7.08. The summed E-state index contributed by atoms with van der Waals surface area (Å²) in [5.74, 6) is 0.863. The van der Waals surface area contributed by atoms with Gasteiger partial charge in [-0.2, -0.15) is 0 Å². The van der Waals surface area contributed by atoms with E-state index in [0.717, 1.165) is 46.6 Å². The Morgan fingerprint density at radius 3 is 0.931 bits per heavy atom. The van der Waals surface area contributed by atoms with Crippen LogP contribution in [0.15, 0.2) is 148 Å². The van der Waals surface area contributed by atoms with Crippen molar-refractivity contribution in [2.45, 2.75) is 26.1 Å². The fourth-order valence-corrected chi connectivity index (χ4v) is 4.68. The Bertz CT molecular complexity index is 1790. The molecule has 0 fully saturated rings. The van der Waals surface area contributed by atoms with E-state index in [2.05, 4.69) is 26.3 Å². The van der Waals surface area contributed by atoms with Gasteiger partial charge < -0.3 is 37.9 Å². The first kappa shape index (κ1) is 45.3. The zero-order valence-corrected chi connectivity index (χ0v) is 32.7. The fourth-order valence-electron chi connectivity index (χ4n) is 4.68. The number of benzene rings is 4. The molecule has 0 heterocycles. The van der Waals surface area contributed by atoms with Crippen LogP contribution < -0.4 is 18.9 Å². The second kappa shape index (κ2) is 25.2. The number of carbonyl (C=O) groups excluding carboxylic acids is 4. The molecule has 0 aliphatic carbocycles. The van der Waals surface area contributed by atoms with Gasteiger partial charge in [0, 0.05) is 24.3 Å². The van der Waals surface area contributed by atoms with Crippen LogP contribution in [0.5, 0.6) is 23.0 Å². The van der Waals surface area contributed by atoms with Gasteiger partial charge in [0.1, 0.15) is 74.8 Å². The van der Waals surface area contributed by atoms with Crippen LogP contribution in [0.1, 0.15) is 13.8 Å². The molecule has 0 aliphatic rings. The molecule has 0 radical (unpaired) electrons. The molecule has 0 N–H and O–H groups in total. The van der Waals surface area contributed by atoms with Gasteiger partial charge in [-0.05, 0) is 84.6 Å². The molecule has 4 rings (SSSR count). The summed E-state index contributed by atoms with van der Waals surface area (Å²) in [5, 5.41) is 0. The van der Waals surface area contributed by atoms with Crippen molar-refractivity contribution in [3.8, 4) is 45.3 Å². The number of hydrogen-bond donors (Lipinski definition) is 0. The van der Waals surface area contributed by atoms with Crippen LogP contribution in [-0.2, 0) is 38.1 Å². The largest absolute Gasteiger partial charge is 0.490 e. The normalized spacial score (nSPS) is 11.1. The molecule has 4 aromatic rings. The third-order valence-electron chi connectivity index (χ3n) is 7.55. The van der Waals surface area contributed by atoms with Crippen molar-refractivity contribution in [3.05, 3.63) is 148 Å². The molecule has 304 valence electrons. The van der Waals surface area contributed by atoms with Crippen molar-refractivity contribution >= 4 is 23.9 Å². The maximum Gasteiger partial charge on any atom is 0.330 e. The molecule has 0 saturated heterocycles. The first-order valence-electron chi connectivity index (χ1n) is 18.2. The Morgan fingerprint density at radius 2 is 0.672 bits per heavy atom. The highest BCUT2D eigenvalue weighted by molar-refractivity contribution is 5.82. The lowest BCUT2D eigenvalue weighted by atomic mass is 10.1. The summed E-state index contributed by atoms with van der Waals surface area (Å²) in [7, 11) is 0. The molecule has 0 bridgehead atoms. The molecular formula is C46H48O12. The minimum Gasteiger partial charge on any atom is -0.490 e. The maximum absolute atomic E-state index is 11.2. The highest BCUT2D eigenvalue weighted by Crippen LogP contribution is 2.26. The first-order valence-corrected chi connectivity index (χ1v) is 18.2. The minimum atomic E-state index is -0.471. The molecular weight excluding hydrogens is 744 g/mol. The maximum atomic E-state index is 11.2. The van der Waals surface area contributed by atoms with Crippen molar-refractivity contribution in [1.82, 2.24) is 0 Å². The van der Waals surface area contributed by atoms with Gasteiger partial charge in [0.25, 0.3) is 0 Å². The number of carbonyl (C=O) groups is 4. The van der Waals surface area contributed by atoms with Crippen LogP contribution in [0.4, 0.5) is 0 Å². The highest BCUT2D eigenvalue weighted by atomic mass is 16.6. The van der Waals surface area contributed by atoms with E-state index in [-0.39, 0.29) is 51.8 Å². The molecule has 0 aromatic heterocycles. The summed E-state index contributed by atoms with van der Waals surface area (Å²) >= 11 is 0. The van der Waals surface area contributed by atoms with Gasteiger partial charge in [-0.3, -0.25) is 0 Å². The van der Waals surface area contributed by atoms with Gasteiger partial charge in [-0.1, -0.05) is 74.8 Å². The van der Waals surface area contributed by atoms with Gasteiger partial charge >= 0.3 is 23.9 Å². The molecule has 2 atom stereocenters. The first-order chi connectivity index (χ1) is 28.0. The summed E-state index contributed by atoms with van der Waals surface area (Å²) in [4.78, 5) is 44.2. The lowest BCUT2D eigenvalue weighted by molar-refractivity contribution is -0.144. The van der Waals surface area contributed by atoms with Crippen LogP contribution in [0.2, 0.25) is 0 Å². The quantitative estimate of drug-likeness (QED) is 0.0330. The van der Waals surface area contributed by atoms with Crippen molar-refractivity contribution in [2.75, 3.05) is 39.6 Å². The van der Waals surface area contributed by atoms with Crippen LogP contribution in [0.25, 0.3) is 22.3 Å². The molecule has 0 aliphatic heterocycles. The Balaban J connectivity index is 0.000000311. The predicted molar refractivity (Wildman–Crippen MR) is 220 cm³/mol. The third-order valence-corrected chi connectivity index (χ3v) is 7.55. The zero-order valence-electron chi connectivity index (χ0n) is 32.7. The fraction of sp³-hybridized carbons (Fsp3) is 0.217. The number of esters is 4. The van der Waals surface area contributed by atoms with Gasteiger partial charge in [0.05, 0.1) is 0 Å². The summed E-state index contributed by atoms with van der Waals surface area (Å²) < 4.78 is 42.1. The van der Waals surface area contributed by atoms with E-state index >= 15 is 0 Å². The van der Waals surface area contributed by atoms with Crippen molar-refractivity contribution in [3.63, 3.8) is 0 Å². The number of hydrogen-bond acceptors (Lipinski definition) is 12. The van der Waals surface area contributed by atoms with Gasteiger partial charge in [0.15, 0.2) is 0 Å². The van der Waals surface area contributed by atoms with E-state index in [0.29, 0.717) is 23.0 Å². The van der Waals surface area contributed by atoms with Crippen molar-refractivity contribution < 1.29 is 57.1 Å². The summed E-state index contributed by atoms with van der Waals surface area (Å²) in [6.45, 7) is 18.3.